The van der Waals surface area contributed by atoms with Gasteiger partial charge in [-0.3, -0.25) is 4.99 Å². The number of halogens is 2. The molecule has 0 aliphatic carbocycles. The zero-order valence-corrected chi connectivity index (χ0v) is 19.3. The second-order valence-electron chi connectivity index (χ2n) is 7.17. The van der Waals surface area contributed by atoms with Crippen molar-refractivity contribution in [3.05, 3.63) is 34.9 Å². The third kappa shape index (κ3) is 7.03. The topological polar surface area (TPSA) is 80.0 Å². The molecular weight excluding hydrogens is 479 g/mol. The number of nitrogens with two attached hydrogens (primary N) is 1. The number of ether oxygens (including phenoxy) is 1. The highest BCUT2D eigenvalue weighted by Crippen LogP contribution is 2.29. The first-order chi connectivity index (χ1) is 12.3. The Kier molecular flexibility index (Phi) is 9.66. The van der Waals surface area contributed by atoms with Crippen LogP contribution in [0.1, 0.15) is 39.2 Å². The maximum absolute atomic E-state index is 11.7. The molecule has 1 heterocycles. The van der Waals surface area contributed by atoms with E-state index in [-0.39, 0.29) is 41.5 Å². The molecule has 1 fully saturated rings. The van der Waals surface area contributed by atoms with E-state index in [0.717, 1.165) is 23.4 Å². The fourth-order valence-corrected chi connectivity index (χ4v) is 3.45. The van der Waals surface area contributed by atoms with Crippen LogP contribution in [0.2, 0.25) is 5.02 Å². The average molecular weight is 509 g/mol. The molecule has 1 aliphatic heterocycles. The quantitative estimate of drug-likeness (QED) is 0.361. The molecule has 0 saturated carbocycles. The summed E-state index contributed by atoms with van der Waals surface area (Å²) < 4.78 is 5.03. The molecule has 1 aliphatic rings. The van der Waals surface area contributed by atoms with Crippen molar-refractivity contribution in [2.75, 3.05) is 26.2 Å². The van der Waals surface area contributed by atoms with E-state index < -0.39 is 0 Å². The lowest BCUT2D eigenvalue weighted by Crippen LogP contribution is -2.48. The highest BCUT2D eigenvalue weighted by atomic mass is 127. The highest BCUT2D eigenvalue weighted by Gasteiger charge is 2.25. The summed E-state index contributed by atoms with van der Waals surface area (Å²) in [7, 11) is 0. The van der Waals surface area contributed by atoms with Crippen molar-refractivity contribution in [1.82, 2.24) is 10.2 Å². The molecular formula is C19H30ClIN4O2. The van der Waals surface area contributed by atoms with Gasteiger partial charge in [0.1, 0.15) is 0 Å². The first-order valence-corrected chi connectivity index (χ1v) is 9.44. The molecule has 0 unspecified atom stereocenters. The van der Waals surface area contributed by atoms with Gasteiger partial charge in [0, 0.05) is 29.6 Å². The molecule has 6 nitrogen and oxygen atoms in total. The molecule has 0 radical (unpaired) electrons. The number of hydrogen-bond donors (Lipinski definition) is 2. The number of likely N-dealkylation sites (tertiary alicyclic amines) is 1. The second-order valence-corrected chi connectivity index (χ2v) is 7.58. The number of hydrogen-bond acceptors (Lipinski definition) is 3. The lowest BCUT2D eigenvalue weighted by Gasteiger charge is -2.32. The number of rotatable bonds is 5. The number of nitrogens with one attached hydrogen (secondary N) is 1. The molecule has 0 spiro atoms. The van der Waals surface area contributed by atoms with Gasteiger partial charge in [-0.1, -0.05) is 43.6 Å². The van der Waals surface area contributed by atoms with E-state index in [1.54, 1.807) is 4.90 Å². The molecule has 2 rings (SSSR count). The van der Waals surface area contributed by atoms with E-state index in [9.17, 15) is 4.79 Å². The number of guanidine groups is 1. The van der Waals surface area contributed by atoms with Gasteiger partial charge in [-0.15, -0.1) is 24.0 Å². The van der Waals surface area contributed by atoms with Gasteiger partial charge in [0.25, 0.3) is 0 Å². The van der Waals surface area contributed by atoms with Crippen molar-refractivity contribution in [2.24, 2.45) is 10.7 Å². The number of aliphatic imine (C=N–C) groups is 1. The first-order valence-electron chi connectivity index (χ1n) is 9.06. The molecule has 27 heavy (non-hydrogen) atoms. The number of carbonyl (C=O) groups is 1. The number of piperidine rings is 1. The Morgan fingerprint density at radius 3 is 2.59 bits per heavy atom. The summed E-state index contributed by atoms with van der Waals surface area (Å²) in [6, 6.07) is 8.02. The maximum atomic E-state index is 11.7. The number of amides is 1. The minimum Gasteiger partial charge on any atom is -0.450 e. The molecule has 1 amide bonds. The Hall–Kier alpha value is -1.22. The average Bonchev–Trinajstić information content (AvgIpc) is 2.61. The fraction of sp³-hybridized carbons (Fsp3) is 0.579. The summed E-state index contributed by atoms with van der Waals surface area (Å²) in [5.41, 5.74) is 6.92. The SMILES string of the molecule is CCOC(=O)N1CCC(NC(N)=NCC(C)(C)c2ccccc2Cl)CC1.I. The Labute approximate surface area is 183 Å². The number of carbonyl (C=O) groups excluding carboxylic acids is 1. The van der Waals surface area contributed by atoms with E-state index in [1.807, 2.05) is 31.2 Å². The summed E-state index contributed by atoms with van der Waals surface area (Å²) in [5.74, 6) is 0.430. The van der Waals surface area contributed by atoms with Crippen molar-refractivity contribution in [2.45, 2.75) is 45.1 Å². The fourth-order valence-electron chi connectivity index (χ4n) is 3.05. The van der Waals surface area contributed by atoms with Crippen molar-refractivity contribution >= 4 is 47.6 Å². The van der Waals surface area contributed by atoms with Gasteiger partial charge in [0.05, 0.1) is 13.2 Å². The maximum Gasteiger partial charge on any atom is 0.409 e. The Morgan fingerprint density at radius 2 is 2.00 bits per heavy atom. The summed E-state index contributed by atoms with van der Waals surface area (Å²) in [6.07, 6.45) is 1.40. The van der Waals surface area contributed by atoms with E-state index in [4.69, 9.17) is 22.1 Å². The molecule has 0 bridgehead atoms. The van der Waals surface area contributed by atoms with Crippen molar-refractivity contribution in [1.29, 1.82) is 0 Å². The molecule has 0 aromatic heterocycles. The van der Waals surface area contributed by atoms with Crippen LogP contribution in [0.15, 0.2) is 29.3 Å². The third-order valence-corrected chi connectivity index (χ3v) is 4.95. The van der Waals surface area contributed by atoms with Crippen LogP contribution in [0.3, 0.4) is 0 Å². The Balaban J connectivity index is 0.00000364. The zero-order valence-electron chi connectivity index (χ0n) is 16.2. The second kappa shape index (κ2) is 10.9. The number of nitrogens with zero attached hydrogens (tertiary/aromatic N) is 2. The van der Waals surface area contributed by atoms with E-state index in [1.165, 1.54) is 0 Å². The Morgan fingerprint density at radius 1 is 1.37 bits per heavy atom. The van der Waals surface area contributed by atoms with Gasteiger partial charge in [-0.05, 0) is 31.4 Å². The van der Waals surface area contributed by atoms with Crippen LogP contribution in [0, 0.1) is 0 Å². The van der Waals surface area contributed by atoms with Crippen molar-refractivity contribution in [3.63, 3.8) is 0 Å². The van der Waals surface area contributed by atoms with Crippen LogP contribution in [0.4, 0.5) is 4.79 Å². The summed E-state index contributed by atoms with van der Waals surface area (Å²) in [4.78, 5) is 18.0. The normalized spacial score (nSPS) is 15.9. The molecule has 3 N–H and O–H groups in total. The molecule has 0 atom stereocenters. The van der Waals surface area contributed by atoms with Crippen LogP contribution in [0.5, 0.6) is 0 Å². The van der Waals surface area contributed by atoms with Gasteiger partial charge >= 0.3 is 6.09 Å². The molecule has 152 valence electrons. The zero-order chi connectivity index (χ0) is 19.2. The van der Waals surface area contributed by atoms with Crippen LogP contribution >= 0.6 is 35.6 Å². The van der Waals surface area contributed by atoms with Gasteiger partial charge in [0.2, 0.25) is 0 Å². The highest BCUT2D eigenvalue weighted by molar-refractivity contribution is 14.0. The van der Waals surface area contributed by atoms with Crippen molar-refractivity contribution in [3.8, 4) is 0 Å². The standard InChI is InChI=1S/C19H29ClN4O2.HI/c1-4-26-18(25)24-11-9-14(10-12-24)23-17(21)22-13-19(2,3)15-7-5-6-8-16(15)20;/h5-8,14H,4,9-13H2,1-3H3,(H3,21,22,23);1H. The van der Waals surface area contributed by atoms with Crippen LogP contribution in [-0.4, -0.2) is 49.2 Å². The smallest absolute Gasteiger partial charge is 0.409 e. The minimum absolute atomic E-state index is 0. The summed E-state index contributed by atoms with van der Waals surface area (Å²) in [6.45, 7) is 8.28. The Bertz CT molecular complexity index is 646. The largest absolute Gasteiger partial charge is 0.450 e. The van der Waals surface area contributed by atoms with Crippen LogP contribution in [0.25, 0.3) is 0 Å². The van der Waals surface area contributed by atoms with Gasteiger partial charge in [-0.2, -0.15) is 0 Å². The lowest BCUT2D eigenvalue weighted by atomic mass is 9.85. The van der Waals surface area contributed by atoms with E-state index in [2.05, 4.69) is 24.2 Å². The molecule has 1 aromatic carbocycles. The first kappa shape index (κ1) is 23.8. The lowest BCUT2D eigenvalue weighted by molar-refractivity contribution is 0.0963. The number of benzene rings is 1. The summed E-state index contributed by atoms with van der Waals surface area (Å²) >= 11 is 6.30. The van der Waals surface area contributed by atoms with Gasteiger partial charge in [0.15, 0.2) is 5.96 Å². The van der Waals surface area contributed by atoms with Crippen LogP contribution in [-0.2, 0) is 10.2 Å². The minimum atomic E-state index is -0.242. The monoisotopic (exact) mass is 508 g/mol. The molecule has 8 heteroatoms. The van der Waals surface area contributed by atoms with Crippen molar-refractivity contribution < 1.29 is 9.53 Å². The summed E-state index contributed by atoms with van der Waals surface area (Å²) in [5, 5.41) is 4.01. The van der Waals surface area contributed by atoms with Crippen LogP contribution < -0.4 is 11.1 Å². The molecule has 1 saturated heterocycles. The third-order valence-electron chi connectivity index (χ3n) is 4.62. The van der Waals surface area contributed by atoms with E-state index in [0.29, 0.717) is 32.2 Å². The van der Waals surface area contributed by atoms with Gasteiger partial charge < -0.3 is 20.7 Å². The van der Waals surface area contributed by atoms with Gasteiger partial charge in [-0.25, -0.2) is 4.79 Å². The van der Waals surface area contributed by atoms with E-state index >= 15 is 0 Å². The molecule has 1 aromatic rings. The predicted molar refractivity (Wildman–Crippen MR) is 121 cm³/mol. The predicted octanol–water partition coefficient (Wildman–Crippen LogP) is 3.76.